The molecule has 1 aliphatic carbocycles. The fraction of sp³-hybridized carbons (Fsp3) is 0.556. The summed E-state index contributed by atoms with van der Waals surface area (Å²) in [5.74, 6) is 0.486. The van der Waals surface area contributed by atoms with Gasteiger partial charge in [0.25, 0.3) is 5.91 Å². The van der Waals surface area contributed by atoms with Crippen molar-refractivity contribution in [1.82, 2.24) is 10.2 Å². The number of nitrogens with one attached hydrogen (secondary N) is 1. The van der Waals surface area contributed by atoms with Crippen LogP contribution in [0.5, 0.6) is 5.75 Å². The minimum absolute atomic E-state index is 0.0357. The number of hydrogen-bond donors (Lipinski definition) is 2. The molecule has 1 atom stereocenters. The summed E-state index contributed by atoms with van der Waals surface area (Å²) in [6.07, 6.45) is 2.33. The summed E-state index contributed by atoms with van der Waals surface area (Å²) in [6, 6.07) is 5.39. The maximum absolute atomic E-state index is 12.5. The Labute approximate surface area is 141 Å². The Morgan fingerprint density at radius 3 is 2.67 bits per heavy atom. The summed E-state index contributed by atoms with van der Waals surface area (Å²) in [4.78, 5) is 25.7. The number of amides is 3. The number of aliphatic hydroxyl groups excluding tert-OH is 1. The highest BCUT2D eigenvalue weighted by atomic mass is 16.5. The first-order chi connectivity index (χ1) is 11.4. The van der Waals surface area contributed by atoms with Crippen LogP contribution < -0.4 is 10.1 Å². The average molecular weight is 332 g/mol. The van der Waals surface area contributed by atoms with E-state index in [1.54, 1.807) is 0 Å². The van der Waals surface area contributed by atoms with Gasteiger partial charge in [-0.15, -0.1) is 0 Å². The highest BCUT2D eigenvalue weighted by Crippen LogP contribution is 2.35. The Hall–Kier alpha value is -2.08. The summed E-state index contributed by atoms with van der Waals surface area (Å²) in [5.41, 5.74) is 1.40. The first-order valence-corrected chi connectivity index (χ1v) is 8.43. The summed E-state index contributed by atoms with van der Waals surface area (Å²) in [5, 5.41) is 13.0. The molecule has 6 nitrogen and oxygen atoms in total. The first-order valence-electron chi connectivity index (χ1n) is 8.43. The number of carbonyl (C=O) groups excluding carboxylic acids is 2. The Balaban J connectivity index is 1.57. The molecule has 0 aromatic heterocycles. The van der Waals surface area contributed by atoms with Gasteiger partial charge in [0.05, 0.1) is 6.54 Å². The van der Waals surface area contributed by atoms with Crippen LogP contribution in [0, 0.1) is 13.8 Å². The number of rotatable bonds is 5. The molecule has 1 spiro atoms. The number of urea groups is 1. The molecule has 3 rings (SSSR count). The van der Waals surface area contributed by atoms with Crippen LogP contribution in [0.25, 0.3) is 0 Å². The number of aryl methyl sites for hydroxylation is 2. The molecule has 130 valence electrons. The first kappa shape index (κ1) is 16.8. The third-order valence-electron chi connectivity index (χ3n) is 4.86. The molecule has 2 fully saturated rings. The lowest BCUT2D eigenvalue weighted by Crippen LogP contribution is -2.45. The number of hydrogen-bond acceptors (Lipinski definition) is 4. The van der Waals surface area contributed by atoms with Crippen molar-refractivity contribution in [1.29, 1.82) is 0 Å². The third-order valence-corrected chi connectivity index (χ3v) is 4.86. The molecule has 2 aliphatic rings. The molecule has 1 saturated heterocycles. The molecular weight excluding hydrogens is 308 g/mol. The molecule has 2 N–H and O–H groups in total. The number of β-amino-alcohol motifs (C(OH)–C–C–N with tert-alkyl or cyclic N) is 1. The topological polar surface area (TPSA) is 78.9 Å². The van der Waals surface area contributed by atoms with E-state index in [-0.39, 0.29) is 19.1 Å². The number of carbonyl (C=O) groups is 2. The summed E-state index contributed by atoms with van der Waals surface area (Å²) in [7, 11) is 0. The Kier molecular flexibility index (Phi) is 4.49. The van der Waals surface area contributed by atoms with Gasteiger partial charge in [0.1, 0.15) is 24.0 Å². The third kappa shape index (κ3) is 3.11. The van der Waals surface area contributed by atoms with Gasteiger partial charge < -0.3 is 15.2 Å². The molecule has 0 radical (unpaired) electrons. The van der Waals surface area contributed by atoms with Crippen LogP contribution in [0.3, 0.4) is 0 Å². The number of imide groups is 1. The van der Waals surface area contributed by atoms with Gasteiger partial charge in [-0.05, 0) is 38.3 Å². The van der Waals surface area contributed by atoms with Gasteiger partial charge in [-0.25, -0.2) is 4.79 Å². The predicted octanol–water partition coefficient (Wildman–Crippen LogP) is 1.91. The van der Waals surface area contributed by atoms with E-state index in [0.29, 0.717) is 18.6 Å². The summed E-state index contributed by atoms with van der Waals surface area (Å²) < 4.78 is 5.63. The quantitative estimate of drug-likeness (QED) is 0.807. The predicted molar refractivity (Wildman–Crippen MR) is 88.9 cm³/mol. The van der Waals surface area contributed by atoms with E-state index in [1.807, 2.05) is 32.0 Å². The van der Waals surface area contributed by atoms with Gasteiger partial charge in [-0.3, -0.25) is 9.69 Å². The average Bonchev–Trinajstić information content (AvgIpc) is 3.08. The highest BCUT2D eigenvalue weighted by Gasteiger charge is 2.52. The van der Waals surface area contributed by atoms with E-state index in [0.717, 1.165) is 28.9 Å². The number of ether oxygens (including phenoxy) is 1. The zero-order valence-corrected chi connectivity index (χ0v) is 14.2. The molecule has 1 heterocycles. The second-order valence-electron chi connectivity index (χ2n) is 6.87. The lowest BCUT2D eigenvalue weighted by Gasteiger charge is -2.21. The van der Waals surface area contributed by atoms with Crippen LogP contribution in [0.2, 0.25) is 0 Å². The fourth-order valence-corrected chi connectivity index (χ4v) is 3.57. The lowest BCUT2D eigenvalue weighted by atomic mass is 9.98. The molecule has 24 heavy (non-hydrogen) atoms. The van der Waals surface area contributed by atoms with Gasteiger partial charge >= 0.3 is 6.03 Å². The second kappa shape index (κ2) is 6.43. The van der Waals surface area contributed by atoms with Crippen molar-refractivity contribution in [2.45, 2.75) is 51.2 Å². The van der Waals surface area contributed by atoms with Crippen molar-refractivity contribution < 1.29 is 19.4 Å². The van der Waals surface area contributed by atoms with Gasteiger partial charge in [-0.1, -0.05) is 30.5 Å². The lowest BCUT2D eigenvalue weighted by molar-refractivity contribution is -0.132. The van der Waals surface area contributed by atoms with Gasteiger partial charge in [0, 0.05) is 0 Å². The molecule has 3 amide bonds. The highest BCUT2D eigenvalue weighted by molar-refractivity contribution is 6.07. The maximum atomic E-state index is 12.5. The smallest absolute Gasteiger partial charge is 0.325 e. The van der Waals surface area contributed by atoms with Gasteiger partial charge in [-0.2, -0.15) is 0 Å². The zero-order chi connectivity index (χ0) is 17.3. The summed E-state index contributed by atoms with van der Waals surface area (Å²) in [6.45, 7) is 3.93. The monoisotopic (exact) mass is 332 g/mol. The van der Waals surface area contributed by atoms with Crippen molar-refractivity contribution in [3.8, 4) is 5.75 Å². The number of benzene rings is 1. The van der Waals surface area contributed by atoms with Crippen molar-refractivity contribution in [2.24, 2.45) is 0 Å². The molecule has 1 aliphatic heterocycles. The fourth-order valence-electron chi connectivity index (χ4n) is 3.57. The SMILES string of the molecule is Cc1ccc(OC[C@H](O)CN2C(=O)NC3(CCCC3)C2=O)c(C)c1. The largest absolute Gasteiger partial charge is 0.491 e. The van der Waals surface area contributed by atoms with Crippen LogP contribution in [-0.4, -0.2) is 46.7 Å². The summed E-state index contributed by atoms with van der Waals surface area (Å²) >= 11 is 0. The van der Waals surface area contributed by atoms with Crippen LogP contribution in [0.15, 0.2) is 18.2 Å². The Bertz CT molecular complexity index is 652. The van der Waals surface area contributed by atoms with E-state index in [4.69, 9.17) is 4.74 Å². The van der Waals surface area contributed by atoms with Crippen LogP contribution >= 0.6 is 0 Å². The zero-order valence-electron chi connectivity index (χ0n) is 14.2. The number of aliphatic hydroxyl groups is 1. The minimum Gasteiger partial charge on any atom is -0.491 e. The molecule has 1 aromatic carbocycles. The normalized spacial score (nSPS) is 20.5. The Morgan fingerprint density at radius 1 is 1.29 bits per heavy atom. The molecule has 1 saturated carbocycles. The van der Waals surface area contributed by atoms with Crippen molar-refractivity contribution in [3.63, 3.8) is 0 Å². The van der Waals surface area contributed by atoms with Gasteiger partial charge in [0.2, 0.25) is 0 Å². The van der Waals surface area contributed by atoms with E-state index in [9.17, 15) is 14.7 Å². The molecule has 0 unspecified atom stereocenters. The van der Waals surface area contributed by atoms with E-state index in [1.165, 1.54) is 0 Å². The van der Waals surface area contributed by atoms with Crippen molar-refractivity contribution >= 4 is 11.9 Å². The van der Waals surface area contributed by atoms with Crippen molar-refractivity contribution in [3.05, 3.63) is 29.3 Å². The van der Waals surface area contributed by atoms with Crippen molar-refractivity contribution in [2.75, 3.05) is 13.2 Å². The molecule has 0 bridgehead atoms. The molecule has 1 aromatic rings. The van der Waals surface area contributed by atoms with Crippen LogP contribution in [0.1, 0.15) is 36.8 Å². The van der Waals surface area contributed by atoms with Crippen LogP contribution in [0.4, 0.5) is 4.79 Å². The van der Waals surface area contributed by atoms with E-state index < -0.39 is 17.7 Å². The number of nitrogens with zero attached hydrogens (tertiary/aromatic N) is 1. The molecule has 6 heteroatoms. The second-order valence-corrected chi connectivity index (χ2v) is 6.87. The van der Waals surface area contributed by atoms with Gasteiger partial charge in [0.15, 0.2) is 0 Å². The minimum atomic E-state index is -0.919. The maximum Gasteiger partial charge on any atom is 0.325 e. The van der Waals surface area contributed by atoms with Crippen LogP contribution in [-0.2, 0) is 4.79 Å². The molecular formula is C18H24N2O4. The Morgan fingerprint density at radius 2 is 2.00 bits per heavy atom. The van der Waals surface area contributed by atoms with E-state index in [2.05, 4.69) is 5.32 Å². The standard InChI is InChI=1S/C18H24N2O4/c1-12-5-6-15(13(2)9-12)24-11-14(21)10-20-16(22)18(19-17(20)23)7-3-4-8-18/h5-6,9,14,21H,3-4,7-8,10-11H2,1-2H3,(H,19,23)/t14-/m1/s1. The van der Waals surface area contributed by atoms with E-state index >= 15 is 0 Å².